The van der Waals surface area contributed by atoms with E-state index in [-0.39, 0.29) is 18.1 Å². The van der Waals surface area contributed by atoms with Crippen molar-refractivity contribution in [2.24, 2.45) is 0 Å². The lowest BCUT2D eigenvalue weighted by molar-refractivity contribution is 0.152. The molecule has 0 saturated carbocycles. The van der Waals surface area contributed by atoms with Crippen LogP contribution in [0.15, 0.2) is 60.7 Å². The van der Waals surface area contributed by atoms with Gasteiger partial charge in [0.15, 0.2) is 0 Å². The molecule has 1 unspecified atom stereocenters. The molecule has 0 amide bonds. The van der Waals surface area contributed by atoms with E-state index in [0.29, 0.717) is 11.1 Å². The summed E-state index contributed by atoms with van der Waals surface area (Å²) in [4.78, 5) is 0. The van der Waals surface area contributed by atoms with E-state index in [9.17, 15) is 16.8 Å². The molecule has 0 aliphatic rings. The third-order valence-electron chi connectivity index (χ3n) is 3.17. The van der Waals surface area contributed by atoms with Crippen LogP contribution in [-0.2, 0) is 40.1 Å². The Morgan fingerprint density at radius 1 is 0.760 bits per heavy atom. The molecular weight excluding hydrogens is 364 g/mol. The number of rotatable bonds is 9. The molecule has 0 aliphatic carbocycles. The van der Waals surface area contributed by atoms with Crippen LogP contribution in [0.2, 0.25) is 0 Å². The third kappa shape index (κ3) is 7.35. The maximum absolute atomic E-state index is 12.0. The molecule has 1 atom stereocenters. The van der Waals surface area contributed by atoms with Gasteiger partial charge in [0.1, 0.15) is 11.5 Å². The molecule has 2 rings (SSSR count). The summed E-state index contributed by atoms with van der Waals surface area (Å²) in [7, 11) is -7.65. The minimum absolute atomic E-state index is 0.280. The number of hydrogen-bond donors (Lipinski definition) is 0. The third-order valence-corrected chi connectivity index (χ3v) is 5.66. The molecule has 8 heteroatoms. The van der Waals surface area contributed by atoms with E-state index < -0.39 is 26.3 Å². The average Bonchev–Trinajstić information content (AvgIpc) is 2.54. The second kappa shape index (κ2) is 8.57. The fraction of sp³-hybridized carbons (Fsp3) is 0.294. The summed E-state index contributed by atoms with van der Waals surface area (Å²) in [6, 6.07) is 17.2. The van der Waals surface area contributed by atoms with Gasteiger partial charge in [-0.15, -0.1) is 0 Å². The van der Waals surface area contributed by atoms with Crippen LogP contribution in [0, 0.1) is 0 Å². The quantitative estimate of drug-likeness (QED) is 0.617. The molecule has 0 saturated heterocycles. The fourth-order valence-corrected chi connectivity index (χ4v) is 4.42. The Balaban J connectivity index is 1.86. The van der Waals surface area contributed by atoms with E-state index in [2.05, 4.69) is 0 Å². The van der Waals surface area contributed by atoms with Gasteiger partial charge in [0.25, 0.3) is 20.2 Å². The van der Waals surface area contributed by atoms with E-state index in [1.165, 1.54) is 6.92 Å². The molecular formula is C17H20O6S2. The van der Waals surface area contributed by atoms with Crippen LogP contribution in [-0.4, -0.2) is 29.5 Å². The summed E-state index contributed by atoms with van der Waals surface area (Å²) in [5, 5.41) is 0. The van der Waals surface area contributed by atoms with Gasteiger partial charge in [0, 0.05) is 0 Å². The molecule has 6 nitrogen and oxygen atoms in total. The van der Waals surface area contributed by atoms with Gasteiger partial charge in [-0.25, -0.2) is 0 Å². The first-order valence-electron chi connectivity index (χ1n) is 7.62. The lowest BCUT2D eigenvalue weighted by Gasteiger charge is -2.13. The summed E-state index contributed by atoms with van der Waals surface area (Å²) >= 11 is 0. The van der Waals surface area contributed by atoms with Crippen LogP contribution in [0.25, 0.3) is 0 Å². The minimum atomic E-state index is -3.84. The molecule has 0 aliphatic heterocycles. The van der Waals surface area contributed by atoms with Gasteiger partial charge in [-0.1, -0.05) is 60.7 Å². The van der Waals surface area contributed by atoms with Gasteiger partial charge >= 0.3 is 0 Å². The summed E-state index contributed by atoms with van der Waals surface area (Å²) in [6.07, 6.45) is -0.917. The standard InChI is InChI=1S/C17H20O6S2/c1-15(23-25(20,21)14-17-10-6-3-7-11-17)12-22-24(18,19)13-16-8-4-2-5-9-16/h2-11,15H,12-14H2,1H3. The van der Waals surface area contributed by atoms with E-state index in [4.69, 9.17) is 8.37 Å². The van der Waals surface area contributed by atoms with Gasteiger partial charge < -0.3 is 0 Å². The second-order valence-corrected chi connectivity index (χ2v) is 8.80. The van der Waals surface area contributed by atoms with Crippen LogP contribution in [0.3, 0.4) is 0 Å². The second-order valence-electron chi connectivity index (χ2n) is 5.57. The predicted molar refractivity (Wildman–Crippen MR) is 94.6 cm³/mol. The summed E-state index contributed by atoms with van der Waals surface area (Å²) in [5.41, 5.74) is 1.18. The Morgan fingerprint density at radius 2 is 1.20 bits per heavy atom. The highest BCUT2D eigenvalue weighted by molar-refractivity contribution is 7.86. The van der Waals surface area contributed by atoms with E-state index in [0.717, 1.165) is 0 Å². The molecule has 2 aromatic carbocycles. The lowest BCUT2D eigenvalue weighted by Crippen LogP contribution is -2.24. The smallest absolute Gasteiger partial charge is 0.267 e. The summed E-state index contributed by atoms with van der Waals surface area (Å²) in [5.74, 6) is -0.563. The zero-order valence-electron chi connectivity index (χ0n) is 13.7. The van der Waals surface area contributed by atoms with Crippen LogP contribution in [0.4, 0.5) is 0 Å². The van der Waals surface area contributed by atoms with E-state index in [1.54, 1.807) is 60.7 Å². The largest absolute Gasteiger partial charge is 0.271 e. The van der Waals surface area contributed by atoms with Crippen molar-refractivity contribution in [3.63, 3.8) is 0 Å². The lowest BCUT2D eigenvalue weighted by atomic mass is 10.2. The topological polar surface area (TPSA) is 86.7 Å². The Kier molecular flexibility index (Phi) is 6.71. The van der Waals surface area contributed by atoms with Crippen molar-refractivity contribution in [3.8, 4) is 0 Å². The zero-order chi connectivity index (χ0) is 18.3. The molecule has 0 N–H and O–H groups in total. The Bertz CT molecular complexity index is 862. The Hall–Kier alpha value is -1.74. The maximum Gasteiger partial charge on any atom is 0.271 e. The monoisotopic (exact) mass is 384 g/mol. The number of benzene rings is 2. The molecule has 0 bridgehead atoms. The summed E-state index contributed by atoms with van der Waals surface area (Å²) in [6.45, 7) is 1.07. The van der Waals surface area contributed by atoms with Crippen molar-refractivity contribution >= 4 is 20.2 Å². The van der Waals surface area contributed by atoms with Gasteiger partial charge in [0.2, 0.25) is 0 Å². The van der Waals surface area contributed by atoms with Gasteiger partial charge in [-0.3, -0.25) is 8.37 Å². The molecule has 0 heterocycles. The van der Waals surface area contributed by atoms with Crippen molar-refractivity contribution in [1.29, 1.82) is 0 Å². The molecule has 0 fully saturated rings. The Morgan fingerprint density at radius 3 is 1.68 bits per heavy atom. The first-order chi connectivity index (χ1) is 11.8. The first-order valence-corrected chi connectivity index (χ1v) is 10.8. The molecule has 2 aromatic rings. The Labute approximate surface area is 148 Å². The van der Waals surface area contributed by atoms with E-state index in [1.807, 2.05) is 0 Å². The molecule has 136 valence electrons. The van der Waals surface area contributed by atoms with Crippen molar-refractivity contribution < 1.29 is 25.2 Å². The normalized spacial score (nSPS) is 13.5. The van der Waals surface area contributed by atoms with E-state index >= 15 is 0 Å². The fourth-order valence-electron chi connectivity index (χ4n) is 2.11. The van der Waals surface area contributed by atoms with Crippen LogP contribution >= 0.6 is 0 Å². The first kappa shape index (κ1) is 19.6. The van der Waals surface area contributed by atoms with Crippen LogP contribution in [0.5, 0.6) is 0 Å². The van der Waals surface area contributed by atoms with Crippen LogP contribution in [0.1, 0.15) is 18.1 Å². The average molecular weight is 384 g/mol. The van der Waals surface area contributed by atoms with Crippen LogP contribution < -0.4 is 0 Å². The predicted octanol–water partition coefficient (Wildman–Crippen LogP) is 2.47. The highest BCUT2D eigenvalue weighted by Gasteiger charge is 2.20. The SMILES string of the molecule is CC(COS(=O)(=O)Cc1ccccc1)OS(=O)(=O)Cc1ccccc1. The van der Waals surface area contributed by atoms with Gasteiger partial charge in [0.05, 0.1) is 12.7 Å². The maximum atomic E-state index is 12.0. The van der Waals surface area contributed by atoms with Crippen molar-refractivity contribution in [2.45, 2.75) is 24.5 Å². The van der Waals surface area contributed by atoms with Crippen molar-refractivity contribution in [2.75, 3.05) is 6.61 Å². The zero-order valence-corrected chi connectivity index (χ0v) is 15.4. The molecule has 0 radical (unpaired) electrons. The van der Waals surface area contributed by atoms with Crippen molar-refractivity contribution in [3.05, 3.63) is 71.8 Å². The van der Waals surface area contributed by atoms with Gasteiger partial charge in [-0.05, 0) is 18.1 Å². The molecule has 0 spiro atoms. The van der Waals surface area contributed by atoms with Crippen molar-refractivity contribution in [1.82, 2.24) is 0 Å². The van der Waals surface area contributed by atoms with Gasteiger partial charge in [-0.2, -0.15) is 16.8 Å². The molecule has 25 heavy (non-hydrogen) atoms. The highest BCUT2D eigenvalue weighted by Crippen LogP contribution is 2.12. The highest BCUT2D eigenvalue weighted by atomic mass is 32.2. The minimum Gasteiger partial charge on any atom is -0.267 e. The molecule has 0 aromatic heterocycles. The number of hydrogen-bond acceptors (Lipinski definition) is 6. The summed E-state index contributed by atoms with van der Waals surface area (Å²) < 4.78 is 57.7.